The standard InChI is InChI=1S/C20H25N3O3/c24-18(23-11-3-6-17(23)20(26)21-15-8-9-15)10-7-14-12-13-4-1-2-5-16(13)22-19(14)25/h1-2,4-5,14-15,17H,3,6-12H2,(H,21,26)(H,22,25). The molecule has 1 aromatic carbocycles. The fourth-order valence-electron chi connectivity index (χ4n) is 3.95. The molecule has 0 spiro atoms. The van der Waals surface area contributed by atoms with Crippen molar-refractivity contribution in [2.75, 3.05) is 11.9 Å². The number of fused-ring (bicyclic) bond motifs is 1. The fraction of sp³-hybridized carbons (Fsp3) is 0.550. The third-order valence-corrected chi connectivity index (χ3v) is 5.62. The van der Waals surface area contributed by atoms with E-state index in [1.807, 2.05) is 24.3 Å². The Kier molecular flexibility index (Phi) is 4.66. The quantitative estimate of drug-likeness (QED) is 0.846. The van der Waals surface area contributed by atoms with Crippen molar-refractivity contribution in [1.82, 2.24) is 10.2 Å². The lowest BCUT2D eigenvalue weighted by Crippen LogP contribution is -2.46. The molecule has 2 unspecified atom stereocenters. The van der Waals surface area contributed by atoms with E-state index in [1.54, 1.807) is 4.90 Å². The predicted molar refractivity (Wildman–Crippen MR) is 97.4 cm³/mol. The topological polar surface area (TPSA) is 78.5 Å². The molecule has 2 N–H and O–H groups in total. The van der Waals surface area contributed by atoms with E-state index in [9.17, 15) is 14.4 Å². The Morgan fingerprint density at radius 2 is 2.00 bits per heavy atom. The van der Waals surface area contributed by atoms with Gasteiger partial charge < -0.3 is 15.5 Å². The van der Waals surface area contributed by atoms with Crippen LogP contribution in [0.5, 0.6) is 0 Å². The molecule has 2 aliphatic heterocycles. The number of nitrogens with zero attached hydrogens (tertiary/aromatic N) is 1. The van der Waals surface area contributed by atoms with Crippen LogP contribution in [-0.4, -0.2) is 41.2 Å². The van der Waals surface area contributed by atoms with Crippen LogP contribution in [0.25, 0.3) is 0 Å². The molecule has 26 heavy (non-hydrogen) atoms. The Bertz CT molecular complexity index is 729. The third kappa shape index (κ3) is 3.59. The lowest BCUT2D eigenvalue weighted by atomic mass is 9.89. The van der Waals surface area contributed by atoms with Crippen LogP contribution in [0.2, 0.25) is 0 Å². The number of rotatable bonds is 5. The summed E-state index contributed by atoms with van der Waals surface area (Å²) in [6, 6.07) is 7.77. The second kappa shape index (κ2) is 7.09. The van der Waals surface area contributed by atoms with E-state index in [0.29, 0.717) is 31.8 Å². The molecule has 1 aliphatic carbocycles. The van der Waals surface area contributed by atoms with Gasteiger partial charge in [0.25, 0.3) is 0 Å². The molecule has 6 nitrogen and oxygen atoms in total. The highest BCUT2D eigenvalue weighted by Gasteiger charge is 2.36. The van der Waals surface area contributed by atoms with Gasteiger partial charge in [0.05, 0.1) is 0 Å². The Balaban J connectivity index is 1.33. The van der Waals surface area contributed by atoms with Gasteiger partial charge in [0.15, 0.2) is 0 Å². The number of benzene rings is 1. The molecule has 2 fully saturated rings. The van der Waals surface area contributed by atoms with Crippen molar-refractivity contribution in [3.8, 4) is 0 Å². The second-order valence-corrected chi connectivity index (χ2v) is 7.61. The molecule has 1 aromatic rings. The minimum atomic E-state index is -0.330. The number of carbonyl (C=O) groups excluding carboxylic acids is 3. The highest BCUT2D eigenvalue weighted by molar-refractivity contribution is 5.96. The predicted octanol–water partition coefficient (Wildman–Crippen LogP) is 1.85. The average molecular weight is 355 g/mol. The number of likely N-dealkylation sites (tertiary alicyclic amines) is 1. The van der Waals surface area contributed by atoms with Crippen LogP contribution in [0.3, 0.4) is 0 Å². The lowest BCUT2D eigenvalue weighted by Gasteiger charge is -2.27. The van der Waals surface area contributed by atoms with Crippen LogP contribution in [0.1, 0.15) is 44.1 Å². The number of amides is 3. The monoisotopic (exact) mass is 355 g/mol. The van der Waals surface area contributed by atoms with Gasteiger partial charge in [-0.3, -0.25) is 14.4 Å². The van der Waals surface area contributed by atoms with Gasteiger partial charge in [-0.05, 0) is 50.2 Å². The third-order valence-electron chi connectivity index (χ3n) is 5.62. The Labute approximate surface area is 153 Å². The average Bonchev–Trinajstić information content (AvgIpc) is 3.31. The number of carbonyl (C=O) groups is 3. The summed E-state index contributed by atoms with van der Waals surface area (Å²) < 4.78 is 0. The van der Waals surface area contributed by atoms with Gasteiger partial charge in [-0.15, -0.1) is 0 Å². The molecule has 3 aliphatic rings. The summed E-state index contributed by atoms with van der Waals surface area (Å²) in [6.07, 6.45) is 5.20. The van der Waals surface area contributed by atoms with Gasteiger partial charge in [-0.25, -0.2) is 0 Å². The summed E-state index contributed by atoms with van der Waals surface area (Å²) in [7, 11) is 0. The van der Waals surface area contributed by atoms with Crippen LogP contribution in [0.15, 0.2) is 24.3 Å². The fourth-order valence-corrected chi connectivity index (χ4v) is 3.95. The number of anilines is 1. The number of nitrogens with one attached hydrogen (secondary N) is 2. The summed E-state index contributed by atoms with van der Waals surface area (Å²) in [6.45, 7) is 0.640. The van der Waals surface area contributed by atoms with E-state index in [1.165, 1.54) is 0 Å². The van der Waals surface area contributed by atoms with E-state index in [0.717, 1.165) is 36.9 Å². The Hall–Kier alpha value is -2.37. The molecule has 3 amide bonds. The van der Waals surface area contributed by atoms with Gasteiger partial charge in [0.1, 0.15) is 6.04 Å². The molecular weight excluding hydrogens is 330 g/mol. The highest BCUT2D eigenvalue weighted by atomic mass is 16.2. The van der Waals surface area contributed by atoms with Crippen LogP contribution >= 0.6 is 0 Å². The first-order valence-corrected chi connectivity index (χ1v) is 9.60. The van der Waals surface area contributed by atoms with Crippen molar-refractivity contribution in [3.05, 3.63) is 29.8 Å². The normalized spacial score (nSPS) is 24.8. The van der Waals surface area contributed by atoms with Crippen molar-refractivity contribution in [2.24, 2.45) is 5.92 Å². The smallest absolute Gasteiger partial charge is 0.243 e. The van der Waals surface area contributed by atoms with Crippen LogP contribution in [0.4, 0.5) is 5.69 Å². The Morgan fingerprint density at radius 3 is 2.81 bits per heavy atom. The molecule has 0 aromatic heterocycles. The molecule has 138 valence electrons. The molecule has 1 saturated heterocycles. The van der Waals surface area contributed by atoms with Gasteiger partial charge >= 0.3 is 0 Å². The SMILES string of the molecule is O=C1Nc2ccccc2CC1CCC(=O)N1CCCC1C(=O)NC1CC1. The second-order valence-electron chi connectivity index (χ2n) is 7.61. The molecule has 1 saturated carbocycles. The molecule has 4 rings (SSSR count). The summed E-state index contributed by atoms with van der Waals surface area (Å²) in [4.78, 5) is 39.0. The van der Waals surface area contributed by atoms with Gasteiger partial charge in [0, 0.05) is 30.6 Å². The maximum Gasteiger partial charge on any atom is 0.243 e. The van der Waals surface area contributed by atoms with E-state index < -0.39 is 0 Å². The van der Waals surface area contributed by atoms with Crippen molar-refractivity contribution >= 4 is 23.4 Å². The molecule has 2 heterocycles. The van der Waals surface area contributed by atoms with Crippen molar-refractivity contribution in [1.29, 1.82) is 0 Å². The molecule has 0 radical (unpaired) electrons. The van der Waals surface area contributed by atoms with Crippen molar-refractivity contribution in [3.63, 3.8) is 0 Å². The lowest BCUT2D eigenvalue weighted by molar-refractivity contribution is -0.138. The Morgan fingerprint density at radius 1 is 1.19 bits per heavy atom. The number of para-hydroxylation sites is 1. The molecule has 0 bridgehead atoms. The maximum absolute atomic E-state index is 12.7. The van der Waals surface area contributed by atoms with Crippen LogP contribution < -0.4 is 10.6 Å². The molecule has 2 atom stereocenters. The summed E-state index contributed by atoms with van der Waals surface area (Å²) in [5, 5.41) is 5.94. The van der Waals surface area contributed by atoms with Gasteiger partial charge in [0.2, 0.25) is 17.7 Å². The summed E-state index contributed by atoms with van der Waals surface area (Å²) >= 11 is 0. The maximum atomic E-state index is 12.7. The zero-order chi connectivity index (χ0) is 18.1. The van der Waals surface area contributed by atoms with Crippen LogP contribution in [-0.2, 0) is 20.8 Å². The van der Waals surface area contributed by atoms with Crippen LogP contribution in [0, 0.1) is 5.92 Å². The first-order valence-electron chi connectivity index (χ1n) is 9.60. The zero-order valence-corrected chi connectivity index (χ0v) is 14.9. The van der Waals surface area contributed by atoms with Crippen molar-refractivity contribution in [2.45, 2.75) is 57.0 Å². The summed E-state index contributed by atoms with van der Waals surface area (Å²) in [5.41, 5.74) is 1.99. The summed E-state index contributed by atoms with van der Waals surface area (Å²) in [5.74, 6) is -0.219. The number of hydrogen-bond acceptors (Lipinski definition) is 3. The minimum absolute atomic E-state index is 0.00916. The van der Waals surface area contributed by atoms with E-state index >= 15 is 0 Å². The highest BCUT2D eigenvalue weighted by Crippen LogP contribution is 2.28. The zero-order valence-electron chi connectivity index (χ0n) is 14.9. The largest absolute Gasteiger partial charge is 0.352 e. The van der Waals surface area contributed by atoms with E-state index in [2.05, 4.69) is 10.6 Å². The molecular formula is C20H25N3O3. The molecule has 6 heteroatoms. The van der Waals surface area contributed by atoms with Gasteiger partial charge in [-0.2, -0.15) is 0 Å². The van der Waals surface area contributed by atoms with Gasteiger partial charge in [-0.1, -0.05) is 18.2 Å². The first-order chi connectivity index (χ1) is 12.6. The first kappa shape index (κ1) is 17.1. The number of hydrogen-bond donors (Lipinski definition) is 2. The van der Waals surface area contributed by atoms with E-state index in [-0.39, 0.29) is 29.7 Å². The van der Waals surface area contributed by atoms with E-state index in [4.69, 9.17) is 0 Å². The minimum Gasteiger partial charge on any atom is -0.352 e. The van der Waals surface area contributed by atoms with Crippen molar-refractivity contribution < 1.29 is 14.4 Å².